The van der Waals surface area contributed by atoms with Crippen molar-refractivity contribution in [2.45, 2.75) is 23.7 Å². The maximum absolute atomic E-state index is 2.46. The Morgan fingerprint density at radius 2 is 2.29 bits per heavy atom. The highest BCUT2D eigenvalue weighted by Gasteiger charge is 2.33. The SMILES string of the molecule is CCC1=CC1(C)I. The standard InChI is InChI=1S/C6H9I/c1-3-5-4-6(5,2)7/h4H,3H2,1-2H3. The number of rotatable bonds is 1. The summed E-state index contributed by atoms with van der Waals surface area (Å²) in [6.45, 7) is 4.45. The molecule has 0 aromatic rings. The predicted octanol–water partition coefficient (Wildman–Crippen LogP) is 2.53. The molecule has 1 unspecified atom stereocenters. The minimum Gasteiger partial charge on any atom is -0.0697 e. The van der Waals surface area contributed by atoms with Gasteiger partial charge in [0.2, 0.25) is 0 Å². The van der Waals surface area contributed by atoms with Crippen molar-refractivity contribution in [1.29, 1.82) is 0 Å². The Hall–Kier alpha value is 0.470. The van der Waals surface area contributed by atoms with Crippen LogP contribution >= 0.6 is 22.6 Å². The molecule has 0 aromatic heterocycles. The van der Waals surface area contributed by atoms with Gasteiger partial charge in [0, 0.05) is 0 Å². The van der Waals surface area contributed by atoms with Crippen LogP contribution in [-0.2, 0) is 0 Å². The van der Waals surface area contributed by atoms with Crippen LogP contribution < -0.4 is 0 Å². The average Bonchev–Trinajstić information content (AvgIpc) is 2.13. The van der Waals surface area contributed by atoms with Gasteiger partial charge in [-0.1, -0.05) is 41.2 Å². The minimum atomic E-state index is 0.479. The molecule has 1 atom stereocenters. The highest BCUT2D eigenvalue weighted by molar-refractivity contribution is 14.1. The van der Waals surface area contributed by atoms with E-state index in [0.717, 1.165) is 0 Å². The maximum Gasteiger partial charge on any atom is 0.0585 e. The summed E-state index contributed by atoms with van der Waals surface area (Å²) in [5.41, 5.74) is 1.60. The summed E-state index contributed by atoms with van der Waals surface area (Å²) in [6.07, 6.45) is 3.55. The van der Waals surface area contributed by atoms with Gasteiger partial charge in [0.15, 0.2) is 0 Å². The number of halogens is 1. The van der Waals surface area contributed by atoms with Crippen molar-refractivity contribution in [3.63, 3.8) is 0 Å². The first kappa shape index (κ1) is 5.60. The van der Waals surface area contributed by atoms with Gasteiger partial charge in [0.25, 0.3) is 0 Å². The van der Waals surface area contributed by atoms with Gasteiger partial charge in [0.1, 0.15) is 0 Å². The van der Waals surface area contributed by atoms with Gasteiger partial charge >= 0.3 is 0 Å². The van der Waals surface area contributed by atoms with Crippen LogP contribution in [0.25, 0.3) is 0 Å². The summed E-state index contributed by atoms with van der Waals surface area (Å²) >= 11 is 2.46. The third kappa shape index (κ3) is 0.983. The summed E-state index contributed by atoms with van der Waals surface area (Å²) in [5, 5.41) is 0. The molecule has 0 aromatic carbocycles. The van der Waals surface area contributed by atoms with Crippen molar-refractivity contribution in [1.82, 2.24) is 0 Å². The predicted molar refractivity (Wildman–Crippen MR) is 40.8 cm³/mol. The summed E-state index contributed by atoms with van der Waals surface area (Å²) in [6, 6.07) is 0. The Bertz CT molecular complexity index is 111. The van der Waals surface area contributed by atoms with Gasteiger partial charge < -0.3 is 0 Å². The number of hydrogen-bond acceptors (Lipinski definition) is 0. The molecule has 1 aliphatic rings. The second-order valence-electron chi connectivity index (χ2n) is 2.10. The third-order valence-electron chi connectivity index (χ3n) is 1.37. The van der Waals surface area contributed by atoms with Crippen LogP contribution in [0.4, 0.5) is 0 Å². The van der Waals surface area contributed by atoms with E-state index in [0.29, 0.717) is 3.42 Å². The van der Waals surface area contributed by atoms with E-state index in [1.54, 1.807) is 5.57 Å². The Labute approximate surface area is 58.1 Å². The van der Waals surface area contributed by atoms with Gasteiger partial charge in [-0.3, -0.25) is 0 Å². The fraction of sp³-hybridized carbons (Fsp3) is 0.667. The average molecular weight is 208 g/mol. The molecule has 0 heterocycles. The van der Waals surface area contributed by atoms with Crippen molar-refractivity contribution < 1.29 is 0 Å². The van der Waals surface area contributed by atoms with E-state index >= 15 is 0 Å². The molecule has 0 saturated carbocycles. The van der Waals surface area contributed by atoms with Crippen molar-refractivity contribution in [3.05, 3.63) is 11.6 Å². The Morgan fingerprint density at radius 3 is 2.29 bits per heavy atom. The lowest BCUT2D eigenvalue weighted by Crippen LogP contribution is -1.90. The smallest absolute Gasteiger partial charge is 0.0585 e. The first-order chi connectivity index (χ1) is 3.17. The second kappa shape index (κ2) is 1.47. The molecule has 1 aliphatic carbocycles. The topological polar surface area (TPSA) is 0 Å². The minimum absolute atomic E-state index is 0.479. The number of hydrogen-bond donors (Lipinski definition) is 0. The zero-order valence-corrected chi connectivity index (χ0v) is 6.82. The summed E-state index contributed by atoms with van der Waals surface area (Å²) in [4.78, 5) is 0. The van der Waals surface area contributed by atoms with Crippen LogP contribution in [0.15, 0.2) is 11.6 Å². The lowest BCUT2D eigenvalue weighted by molar-refractivity contribution is 1.04. The van der Waals surface area contributed by atoms with Crippen molar-refractivity contribution in [2.24, 2.45) is 0 Å². The van der Waals surface area contributed by atoms with Crippen molar-refractivity contribution >= 4 is 22.6 Å². The molecule has 0 saturated heterocycles. The van der Waals surface area contributed by atoms with Crippen LogP contribution in [0.3, 0.4) is 0 Å². The largest absolute Gasteiger partial charge is 0.0697 e. The van der Waals surface area contributed by atoms with E-state index in [1.807, 2.05) is 0 Å². The van der Waals surface area contributed by atoms with E-state index in [2.05, 4.69) is 42.5 Å². The first-order valence-electron chi connectivity index (χ1n) is 2.58. The van der Waals surface area contributed by atoms with E-state index in [-0.39, 0.29) is 0 Å². The number of allylic oxidation sites excluding steroid dienone is 2. The maximum atomic E-state index is 2.46. The molecule has 0 amide bonds. The number of alkyl halides is 1. The second-order valence-corrected chi connectivity index (χ2v) is 4.34. The van der Waals surface area contributed by atoms with Gasteiger partial charge in [-0.2, -0.15) is 0 Å². The Kier molecular flexibility index (Phi) is 1.18. The molecular weight excluding hydrogens is 199 g/mol. The zero-order valence-electron chi connectivity index (χ0n) is 4.66. The summed E-state index contributed by atoms with van der Waals surface area (Å²) in [5.74, 6) is 0. The van der Waals surface area contributed by atoms with Crippen molar-refractivity contribution in [3.8, 4) is 0 Å². The lowest BCUT2D eigenvalue weighted by atomic mass is 10.3. The zero-order chi connectivity index (χ0) is 5.49. The normalized spacial score (nSPS) is 37.9. The van der Waals surface area contributed by atoms with Crippen LogP contribution in [-0.4, -0.2) is 3.42 Å². The van der Waals surface area contributed by atoms with Gasteiger partial charge in [-0.05, 0) is 13.3 Å². The fourth-order valence-electron chi connectivity index (χ4n) is 0.739. The van der Waals surface area contributed by atoms with E-state index < -0.39 is 0 Å². The monoisotopic (exact) mass is 208 g/mol. The summed E-state index contributed by atoms with van der Waals surface area (Å²) < 4.78 is 0.479. The molecule has 1 rings (SSSR count). The molecule has 0 aliphatic heterocycles. The first-order valence-corrected chi connectivity index (χ1v) is 3.66. The molecule has 0 radical (unpaired) electrons. The van der Waals surface area contributed by atoms with Gasteiger partial charge in [0.05, 0.1) is 3.42 Å². The molecular formula is C6H9I. The van der Waals surface area contributed by atoms with Crippen LogP contribution in [0.5, 0.6) is 0 Å². The molecule has 0 fully saturated rings. The molecule has 1 heteroatoms. The highest BCUT2D eigenvalue weighted by Crippen LogP contribution is 2.44. The van der Waals surface area contributed by atoms with Gasteiger partial charge in [-0.15, -0.1) is 0 Å². The molecule has 0 bridgehead atoms. The Balaban J connectivity index is 2.40. The lowest BCUT2D eigenvalue weighted by Gasteiger charge is -1.95. The van der Waals surface area contributed by atoms with Crippen LogP contribution in [0.1, 0.15) is 20.3 Å². The van der Waals surface area contributed by atoms with E-state index in [1.165, 1.54) is 6.42 Å². The van der Waals surface area contributed by atoms with Crippen LogP contribution in [0.2, 0.25) is 0 Å². The molecule has 40 valence electrons. The van der Waals surface area contributed by atoms with E-state index in [9.17, 15) is 0 Å². The third-order valence-corrected chi connectivity index (χ3v) is 2.37. The highest BCUT2D eigenvalue weighted by atomic mass is 127. The fourth-order valence-corrected chi connectivity index (χ4v) is 1.50. The molecule has 7 heavy (non-hydrogen) atoms. The van der Waals surface area contributed by atoms with E-state index in [4.69, 9.17) is 0 Å². The van der Waals surface area contributed by atoms with Gasteiger partial charge in [-0.25, -0.2) is 0 Å². The van der Waals surface area contributed by atoms with Crippen LogP contribution in [0, 0.1) is 0 Å². The Morgan fingerprint density at radius 1 is 1.86 bits per heavy atom. The molecule has 0 nitrogen and oxygen atoms in total. The quantitative estimate of drug-likeness (QED) is 0.353. The van der Waals surface area contributed by atoms with Crippen molar-refractivity contribution in [2.75, 3.05) is 0 Å². The molecule has 0 N–H and O–H groups in total. The molecule has 0 spiro atoms. The summed E-state index contributed by atoms with van der Waals surface area (Å²) in [7, 11) is 0.